The van der Waals surface area contributed by atoms with Crippen molar-refractivity contribution in [2.75, 3.05) is 19.7 Å². The van der Waals surface area contributed by atoms with Gasteiger partial charge in [-0.2, -0.15) is 0 Å². The van der Waals surface area contributed by atoms with Crippen LogP contribution < -0.4 is 16.4 Å². The molecule has 1 saturated heterocycles. The number of carbonyl (C=O) groups excluding carboxylic acids is 8. The fourth-order valence-electron chi connectivity index (χ4n) is 8.40. The average Bonchev–Trinajstić information content (AvgIpc) is 3.77. The number of unbranched alkanes of at least 4 members (excludes halogenated alkanes) is 3. The van der Waals surface area contributed by atoms with Crippen LogP contribution in [0.2, 0.25) is 0 Å². The predicted molar refractivity (Wildman–Crippen MR) is 246 cm³/mol. The zero-order valence-electron chi connectivity index (χ0n) is 39.4. The minimum Gasteiger partial charge on any atom is -0.387 e. The first-order chi connectivity index (χ1) is 31.6. The molecule has 6 amide bonds. The predicted octanol–water partition coefficient (Wildman–Crippen LogP) is 5.54. The lowest BCUT2D eigenvalue weighted by Crippen LogP contribution is -2.46. The van der Waals surface area contributed by atoms with Gasteiger partial charge in [-0.3, -0.25) is 43.3 Å². The number of primary amides is 1. The molecule has 5 atom stereocenters. The Morgan fingerprint density at radius 3 is 2.19 bits per heavy atom. The molecule has 3 aromatic rings. The molecule has 1 unspecified atom stereocenters. The number of aliphatic hydroxyl groups is 1. The number of likely N-dealkylation sites (tertiary alicyclic amines) is 1. The maximum atomic E-state index is 15.1. The molecule has 15 nitrogen and oxygen atoms in total. The SMILES string of the molecule is CC1CC(=O)N(CCCCCC(=O)N[C@@H](C)C(=O)C[C@H](C)C(=O)N[C@@H](CC(N)=O)C(=O)CCCCN(C(=O)CO)[C@@H](c2cc(-c3cc(F)ccc3F)cn2Cc2ccccc2)C(C)(C)C)C1=O. The van der Waals surface area contributed by atoms with Gasteiger partial charge in [0.2, 0.25) is 35.4 Å². The van der Waals surface area contributed by atoms with Crippen molar-refractivity contribution in [2.45, 2.75) is 130 Å². The van der Waals surface area contributed by atoms with Crippen molar-refractivity contribution in [3.8, 4) is 11.1 Å². The number of Topliss-reactive ketones (excluding diaryl/α,β-unsaturated/α-hetero) is 2. The first-order valence-corrected chi connectivity index (χ1v) is 23.0. The summed E-state index contributed by atoms with van der Waals surface area (Å²) in [5.41, 5.74) is 6.75. The quantitative estimate of drug-likeness (QED) is 0.0586. The molecule has 0 bridgehead atoms. The summed E-state index contributed by atoms with van der Waals surface area (Å²) in [6.45, 7) is 10.4. The molecular formula is C50H66F2N6O9. The third-order valence-corrected chi connectivity index (χ3v) is 12.0. The molecule has 0 spiro atoms. The number of aliphatic hydroxyl groups excluding tert-OH is 1. The second kappa shape index (κ2) is 24.6. The Morgan fingerprint density at radius 1 is 0.881 bits per heavy atom. The van der Waals surface area contributed by atoms with Crippen LogP contribution in [0, 0.1) is 28.9 Å². The lowest BCUT2D eigenvalue weighted by molar-refractivity contribution is -0.140. The van der Waals surface area contributed by atoms with Crippen LogP contribution in [-0.4, -0.2) is 98.3 Å². The van der Waals surface area contributed by atoms with Crippen molar-refractivity contribution < 1.29 is 52.2 Å². The van der Waals surface area contributed by atoms with Gasteiger partial charge in [-0.25, -0.2) is 8.78 Å². The third-order valence-electron chi connectivity index (χ3n) is 12.0. The van der Waals surface area contributed by atoms with Crippen LogP contribution in [-0.2, 0) is 44.9 Å². The highest BCUT2D eigenvalue weighted by molar-refractivity contribution is 6.03. The van der Waals surface area contributed by atoms with Gasteiger partial charge in [0.05, 0.1) is 24.5 Å². The molecule has 0 saturated carbocycles. The normalized spacial score (nSPS) is 15.7. The zero-order valence-corrected chi connectivity index (χ0v) is 39.4. The fourth-order valence-corrected chi connectivity index (χ4v) is 8.40. The van der Waals surface area contributed by atoms with Gasteiger partial charge in [0, 0.05) is 80.2 Å². The van der Waals surface area contributed by atoms with Crippen LogP contribution in [0.3, 0.4) is 0 Å². The summed E-state index contributed by atoms with van der Waals surface area (Å²) in [5, 5.41) is 15.4. The smallest absolute Gasteiger partial charge is 0.248 e. The second-order valence-electron chi connectivity index (χ2n) is 18.7. The summed E-state index contributed by atoms with van der Waals surface area (Å²) in [4.78, 5) is 105. The summed E-state index contributed by atoms with van der Waals surface area (Å²) in [7, 11) is 0. The fraction of sp³-hybridized carbons (Fsp3) is 0.520. The molecule has 4 rings (SSSR count). The minimum absolute atomic E-state index is 0.0417. The van der Waals surface area contributed by atoms with Crippen molar-refractivity contribution in [3.05, 3.63) is 83.7 Å². The molecule has 0 radical (unpaired) electrons. The number of nitrogens with two attached hydrogens (primary N) is 1. The number of imide groups is 1. The third kappa shape index (κ3) is 15.5. The van der Waals surface area contributed by atoms with Gasteiger partial charge in [0.25, 0.3) is 0 Å². The molecule has 1 fully saturated rings. The van der Waals surface area contributed by atoms with Crippen LogP contribution in [0.25, 0.3) is 11.1 Å². The Hall–Kier alpha value is -6.10. The van der Waals surface area contributed by atoms with Crippen molar-refractivity contribution in [1.29, 1.82) is 0 Å². The molecule has 17 heteroatoms. The number of halogens is 2. The molecule has 1 aliphatic heterocycles. The van der Waals surface area contributed by atoms with Crippen molar-refractivity contribution >= 4 is 47.0 Å². The molecule has 1 aromatic heterocycles. The molecular weight excluding hydrogens is 867 g/mol. The van der Waals surface area contributed by atoms with E-state index >= 15 is 4.39 Å². The highest BCUT2D eigenvalue weighted by Crippen LogP contribution is 2.41. The number of benzene rings is 2. The molecule has 364 valence electrons. The average molecular weight is 933 g/mol. The molecule has 67 heavy (non-hydrogen) atoms. The van der Waals surface area contributed by atoms with Crippen LogP contribution in [0.1, 0.15) is 123 Å². The summed E-state index contributed by atoms with van der Waals surface area (Å²) in [5.74, 6) is -6.24. The van der Waals surface area contributed by atoms with Crippen molar-refractivity contribution in [1.82, 2.24) is 25.0 Å². The van der Waals surface area contributed by atoms with Crippen LogP contribution in [0.4, 0.5) is 8.78 Å². The van der Waals surface area contributed by atoms with Crippen LogP contribution in [0.15, 0.2) is 60.8 Å². The van der Waals surface area contributed by atoms with E-state index < -0.39 is 83.4 Å². The number of amides is 6. The van der Waals surface area contributed by atoms with Gasteiger partial charge < -0.3 is 30.9 Å². The lowest BCUT2D eigenvalue weighted by atomic mass is 9.82. The van der Waals surface area contributed by atoms with E-state index in [1.807, 2.05) is 55.7 Å². The van der Waals surface area contributed by atoms with Gasteiger partial charge in [-0.05, 0) is 67.9 Å². The number of ketones is 2. The molecule has 1 aliphatic rings. The summed E-state index contributed by atoms with van der Waals surface area (Å²) in [6, 6.07) is 11.5. The number of nitrogens with one attached hydrogen (secondary N) is 2. The van der Waals surface area contributed by atoms with E-state index in [2.05, 4.69) is 10.6 Å². The molecule has 2 aromatic carbocycles. The van der Waals surface area contributed by atoms with Crippen LogP contribution in [0.5, 0.6) is 0 Å². The number of hydrogen-bond donors (Lipinski definition) is 4. The van der Waals surface area contributed by atoms with Gasteiger partial charge in [-0.1, -0.05) is 71.4 Å². The van der Waals surface area contributed by atoms with Crippen LogP contribution >= 0.6 is 0 Å². The zero-order chi connectivity index (χ0) is 49.6. The summed E-state index contributed by atoms with van der Waals surface area (Å²) in [6.07, 6.45) is 3.28. The molecule has 0 aliphatic carbocycles. The first kappa shape index (κ1) is 53.5. The van der Waals surface area contributed by atoms with E-state index in [0.717, 1.165) is 23.8 Å². The number of rotatable bonds is 26. The van der Waals surface area contributed by atoms with Gasteiger partial charge in [0.15, 0.2) is 11.6 Å². The van der Waals surface area contributed by atoms with Gasteiger partial charge in [0.1, 0.15) is 18.2 Å². The highest BCUT2D eigenvalue weighted by atomic mass is 19.1. The van der Waals surface area contributed by atoms with Gasteiger partial charge >= 0.3 is 0 Å². The van der Waals surface area contributed by atoms with E-state index in [0.29, 0.717) is 43.6 Å². The topological polar surface area (TPSA) is 218 Å². The Labute approximate surface area is 391 Å². The Morgan fingerprint density at radius 2 is 1.57 bits per heavy atom. The van der Waals surface area contributed by atoms with Gasteiger partial charge in [-0.15, -0.1) is 0 Å². The van der Waals surface area contributed by atoms with E-state index in [4.69, 9.17) is 5.73 Å². The van der Waals surface area contributed by atoms with E-state index in [1.165, 1.54) is 23.6 Å². The Kier molecular flexibility index (Phi) is 19.7. The molecule has 5 N–H and O–H groups in total. The number of hydrogen-bond acceptors (Lipinski definition) is 9. The summed E-state index contributed by atoms with van der Waals surface area (Å²) >= 11 is 0. The molecule has 2 heterocycles. The standard InChI is InChI=1S/C50H66F2N6O9/c1-31(23-42(61)33(3)54-44(63)18-11-8-13-22-58-45(64)24-32(2)49(58)67)48(66)55-39(27-43(53)62)41(60)17-12-14-21-57(46(65)30-59)47(50(4,5)6)40-25-35(37-26-36(51)19-20-38(37)52)29-56(40)28-34-15-9-7-10-16-34/h7,9-10,15-16,19-20,25-26,29,31-33,39,47,59H,8,11-14,17-18,21-24,27-28,30H2,1-6H3,(H2,53,62)(H,54,63)(H,55,66)/t31-,32?,33-,39-,47-/m0/s1. The first-order valence-electron chi connectivity index (χ1n) is 23.0. The number of aromatic nitrogens is 1. The minimum atomic E-state index is -1.29. The van der Waals surface area contributed by atoms with Crippen molar-refractivity contribution in [2.24, 2.45) is 23.0 Å². The highest BCUT2D eigenvalue weighted by Gasteiger charge is 2.38. The van der Waals surface area contributed by atoms with Crippen molar-refractivity contribution in [3.63, 3.8) is 0 Å². The monoisotopic (exact) mass is 932 g/mol. The maximum absolute atomic E-state index is 15.1. The lowest BCUT2D eigenvalue weighted by Gasteiger charge is -2.41. The Bertz CT molecular complexity index is 2260. The number of nitrogens with zero attached hydrogens (tertiary/aromatic N) is 3. The second-order valence-corrected chi connectivity index (χ2v) is 18.7. The Balaban J connectivity index is 1.36. The number of carbonyl (C=O) groups is 8. The van der Waals surface area contributed by atoms with E-state index in [-0.39, 0.29) is 74.3 Å². The van der Waals surface area contributed by atoms with E-state index in [9.17, 15) is 47.9 Å². The van der Waals surface area contributed by atoms with E-state index in [1.54, 1.807) is 19.2 Å². The summed E-state index contributed by atoms with van der Waals surface area (Å²) < 4.78 is 31.4. The largest absolute Gasteiger partial charge is 0.387 e. The maximum Gasteiger partial charge on any atom is 0.248 e.